The van der Waals surface area contributed by atoms with Crippen LogP contribution < -0.4 is 20.0 Å². The van der Waals surface area contributed by atoms with Crippen molar-refractivity contribution in [1.82, 2.24) is 14.9 Å². The zero-order valence-electron chi connectivity index (χ0n) is 19.4. The van der Waals surface area contributed by atoms with Crippen molar-refractivity contribution in [1.29, 1.82) is 0 Å². The van der Waals surface area contributed by atoms with Crippen LogP contribution in [-0.2, 0) is 9.53 Å². The van der Waals surface area contributed by atoms with Gasteiger partial charge < -0.3 is 24.4 Å². The topological polar surface area (TPSA) is 82.9 Å². The molecule has 0 bridgehead atoms. The number of benzene rings is 1. The van der Waals surface area contributed by atoms with Crippen LogP contribution in [0.2, 0.25) is 0 Å². The first-order chi connectivity index (χ1) is 17.0. The fourth-order valence-corrected chi connectivity index (χ4v) is 4.42. The molecular weight excluding hydrogens is 451 g/mol. The number of aromatic nitrogens is 2. The molecule has 2 fully saturated rings. The van der Waals surface area contributed by atoms with Crippen LogP contribution in [0.25, 0.3) is 5.69 Å². The van der Waals surface area contributed by atoms with Crippen molar-refractivity contribution in [2.24, 2.45) is 0 Å². The number of halogens is 1. The fourth-order valence-electron chi connectivity index (χ4n) is 4.42. The third kappa shape index (κ3) is 4.91. The number of nitrogens with zero attached hydrogens (tertiary/aromatic N) is 5. The quantitative estimate of drug-likeness (QED) is 0.587. The highest BCUT2D eigenvalue weighted by Gasteiger charge is 2.33. The van der Waals surface area contributed by atoms with Crippen LogP contribution in [0.4, 0.5) is 26.4 Å². The second-order valence-corrected chi connectivity index (χ2v) is 8.63. The number of piperazine rings is 1. The van der Waals surface area contributed by atoms with Gasteiger partial charge in [0.25, 0.3) is 0 Å². The van der Waals surface area contributed by atoms with Crippen LogP contribution in [0.5, 0.6) is 0 Å². The molecular formula is C25H27FN6O3. The molecule has 35 heavy (non-hydrogen) atoms. The first-order valence-corrected chi connectivity index (χ1v) is 11.6. The standard InChI is InChI=1S/C25H27FN6O3/c1-18(33)27-16-21-17-32(25(34)35-21)19-4-6-23(22(26)14-19)30-10-12-31(13-11-30)24-7-5-20(15-28-24)29-8-2-3-9-29/h2-9,14-15,21H,10-13,16-17H2,1H3,(H,27,33)/t21-/m0/s1. The van der Waals surface area contributed by atoms with E-state index in [0.29, 0.717) is 24.5 Å². The van der Waals surface area contributed by atoms with E-state index >= 15 is 4.39 Å². The number of nitrogens with one attached hydrogen (secondary N) is 1. The Morgan fingerprint density at radius 2 is 1.80 bits per heavy atom. The molecule has 4 heterocycles. The number of cyclic esters (lactones) is 1. The Bertz CT molecular complexity index is 1190. The van der Waals surface area contributed by atoms with Crippen LogP contribution in [0.1, 0.15) is 6.92 Å². The molecule has 0 saturated carbocycles. The van der Waals surface area contributed by atoms with Gasteiger partial charge >= 0.3 is 6.09 Å². The lowest BCUT2D eigenvalue weighted by atomic mass is 10.2. The number of carbonyl (C=O) groups excluding carboxylic acids is 2. The number of ether oxygens (including phenoxy) is 1. The third-order valence-corrected chi connectivity index (χ3v) is 6.27. The maximum Gasteiger partial charge on any atom is 0.414 e. The van der Waals surface area contributed by atoms with Crippen LogP contribution in [-0.4, -0.2) is 66.9 Å². The normalized spacial score (nSPS) is 18.1. The molecule has 0 radical (unpaired) electrons. The molecule has 1 atom stereocenters. The lowest BCUT2D eigenvalue weighted by Crippen LogP contribution is -2.47. The van der Waals surface area contributed by atoms with E-state index in [-0.39, 0.29) is 24.8 Å². The zero-order chi connectivity index (χ0) is 24.4. The van der Waals surface area contributed by atoms with Crippen molar-refractivity contribution >= 4 is 29.2 Å². The average Bonchev–Trinajstić information content (AvgIpc) is 3.53. The lowest BCUT2D eigenvalue weighted by Gasteiger charge is -2.37. The van der Waals surface area contributed by atoms with E-state index in [1.165, 1.54) is 17.9 Å². The fraction of sp³-hybridized carbons (Fsp3) is 0.320. The van der Waals surface area contributed by atoms with E-state index in [0.717, 1.165) is 24.6 Å². The number of anilines is 3. The van der Waals surface area contributed by atoms with Gasteiger partial charge in [0.05, 0.1) is 36.3 Å². The SMILES string of the molecule is CC(=O)NC[C@H]1CN(c2ccc(N3CCN(c4ccc(-n5cccc5)cn4)CC3)c(F)c2)C(=O)O1. The second kappa shape index (κ2) is 9.65. The predicted octanol–water partition coefficient (Wildman–Crippen LogP) is 2.80. The lowest BCUT2D eigenvalue weighted by molar-refractivity contribution is -0.119. The Kier molecular flexibility index (Phi) is 6.26. The summed E-state index contributed by atoms with van der Waals surface area (Å²) in [5.74, 6) is 0.320. The van der Waals surface area contributed by atoms with E-state index < -0.39 is 12.2 Å². The minimum absolute atomic E-state index is 0.195. The second-order valence-electron chi connectivity index (χ2n) is 8.63. The van der Waals surface area contributed by atoms with Crippen molar-refractivity contribution in [3.8, 4) is 5.69 Å². The van der Waals surface area contributed by atoms with E-state index in [1.807, 2.05) is 52.3 Å². The summed E-state index contributed by atoms with van der Waals surface area (Å²) in [5.41, 5.74) is 1.95. The number of hydrogen-bond donors (Lipinski definition) is 1. The van der Waals surface area contributed by atoms with Gasteiger partial charge in [0, 0.05) is 45.5 Å². The molecule has 182 valence electrons. The van der Waals surface area contributed by atoms with E-state index in [1.54, 1.807) is 12.1 Å². The molecule has 5 rings (SSSR count). The van der Waals surface area contributed by atoms with Gasteiger partial charge in [-0.25, -0.2) is 14.2 Å². The number of carbonyl (C=O) groups is 2. The largest absolute Gasteiger partial charge is 0.442 e. The first kappa shape index (κ1) is 22.7. The Hall–Kier alpha value is -4.08. The average molecular weight is 479 g/mol. The maximum absolute atomic E-state index is 15.1. The van der Waals surface area contributed by atoms with Gasteiger partial charge in [-0.3, -0.25) is 9.69 Å². The summed E-state index contributed by atoms with van der Waals surface area (Å²) in [6.45, 7) is 4.64. The van der Waals surface area contributed by atoms with Gasteiger partial charge in [-0.2, -0.15) is 0 Å². The summed E-state index contributed by atoms with van der Waals surface area (Å²) in [6, 6.07) is 12.8. The summed E-state index contributed by atoms with van der Waals surface area (Å²) in [6.07, 6.45) is 4.80. The number of hydrogen-bond acceptors (Lipinski definition) is 6. The molecule has 9 nitrogen and oxygen atoms in total. The monoisotopic (exact) mass is 478 g/mol. The van der Waals surface area contributed by atoms with E-state index in [9.17, 15) is 9.59 Å². The predicted molar refractivity (Wildman–Crippen MR) is 131 cm³/mol. The molecule has 2 aliphatic heterocycles. The molecule has 1 N–H and O–H groups in total. The molecule has 0 spiro atoms. The van der Waals surface area contributed by atoms with Gasteiger partial charge in [0.15, 0.2) is 0 Å². The summed E-state index contributed by atoms with van der Waals surface area (Å²) < 4.78 is 22.3. The van der Waals surface area contributed by atoms with Gasteiger partial charge in [0.1, 0.15) is 17.7 Å². The Balaban J connectivity index is 1.19. The Morgan fingerprint density at radius 1 is 1.09 bits per heavy atom. The van der Waals surface area contributed by atoms with E-state index in [2.05, 4.69) is 15.2 Å². The smallest absolute Gasteiger partial charge is 0.414 e. The highest BCUT2D eigenvalue weighted by molar-refractivity contribution is 5.90. The molecule has 2 saturated heterocycles. The van der Waals surface area contributed by atoms with Crippen molar-refractivity contribution < 1.29 is 18.7 Å². The Labute approximate surface area is 202 Å². The van der Waals surface area contributed by atoms with Crippen molar-refractivity contribution in [3.05, 3.63) is 66.9 Å². The third-order valence-electron chi connectivity index (χ3n) is 6.27. The minimum Gasteiger partial charge on any atom is -0.442 e. The number of pyridine rings is 1. The molecule has 2 amide bonds. The molecule has 1 aromatic carbocycles. The molecule has 0 aliphatic carbocycles. The molecule has 2 aliphatic rings. The number of rotatable bonds is 6. The maximum atomic E-state index is 15.1. The molecule has 3 aromatic rings. The van der Waals surface area contributed by atoms with Crippen LogP contribution in [0.15, 0.2) is 61.1 Å². The summed E-state index contributed by atoms with van der Waals surface area (Å²) in [5, 5.41) is 2.63. The molecule has 0 unspecified atom stereocenters. The van der Waals surface area contributed by atoms with Crippen molar-refractivity contribution in [2.45, 2.75) is 13.0 Å². The summed E-state index contributed by atoms with van der Waals surface area (Å²) in [4.78, 5) is 33.5. The highest BCUT2D eigenvalue weighted by atomic mass is 19.1. The van der Waals surface area contributed by atoms with Crippen LogP contribution in [0, 0.1) is 5.82 Å². The van der Waals surface area contributed by atoms with Crippen LogP contribution >= 0.6 is 0 Å². The van der Waals surface area contributed by atoms with Crippen LogP contribution in [0.3, 0.4) is 0 Å². The minimum atomic E-state index is -0.545. The van der Waals surface area contributed by atoms with E-state index in [4.69, 9.17) is 4.74 Å². The molecule has 10 heteroatoms. The van der Waals surface area contributed by atoms with Gasteiger partial charge in [-0.1, -0.05) is 0 Å². The van der Waals surface area contributed by atoms with Gasteiger partial charge in [0.2, 0.25) is 5.91 Å². The molecule has 2 aromatic heterocycles. The highest BCUT2D eigenvalue weighted by Crippen LogP contribution is 2.29. The van der Waals surface area contributed by atoms with Gasteiger partial charge in [-0.05, 0) is 42.5 Å². The van der Waals surface area contributed by atoms with Gasteiger partial charge in [-0.15, -0.1) is 0 Å². The zero-order valence-corrected chi connectivity index (χ0v) is 19.4. The summed E-state index contributed by atoms with van der Waals surface area (Å²) in [7, 11) is 0. The number of amides is 2. The first-order valence-electron chi connectivity index (χ1n) is 11.6. The van der Waals surface area contributed by atoms with Crippen molar-refractivity contribution in [2.75, 3.05) is 54.0 Å². The summed E-state index contributed by atoms with van der Waals surface area (Å²) >= 11 is 0. The Morgan fingerprint density at radius 3 is 2.46 bits per heavy atom. The van der Waals surface area contributed by atoms with Crippen molar-refractivity contribution in [3.63, 3.8) is 0 Å².